The Labute approximate surface area is 118 Å². The third-order valence-electron chi connectivity index (χ3n) is 2.89. The van der Waals surface area contributed by atoms with E-state index in [9.17, 15) is 4.80 Å². The molecule has 1 N–H and O–H groups in total. The molecule has 0 aromatic carbocycles. The van der Waals surface area contributed by atoms with Crippen LogP contribution in [0.4, 0.5) is 0 Å². The Bertz CT molecular complexity index is 227. The van der Waals surface area contributed by atoms with Crippen molar-refractivity contribution in [2.75, 3.05) is 34.5 Å². The lowest BCUT2D eigenvalue weighted by atomic mass is 10.3. The zero-order valence-electron chi connectivity index (χ0n) is 12.7. The van der Waals surface area contributed by atoms with E-state index in [-0.39, 0.29) is 0 Å². The molecule has 0 amide bonds. The molecule has 116 valence electrons. The Hall–Kier alpha value is 0.194. The molecule has 0 aromatic heterocycles. The van der Waals surface area contributed by atoms with Crippen molar-refractivity contribution in [1.82, 2.24) is 0 Å². The lowest BCUT2D eigenvalue weighted by molar-refractivity contribution is 0.105. The molecule has 0 bridgehead atoms. The summed E-state index contributed by atoms with van der Waals surface area (Å²) < 4.78 is 26.5. The summed E-state index contributed by atoms with van der Waals surface area (Å²) in [5.74, 6) is 0. The molecule has 0 aliphatic rings. The van der Waals surface area contributed by atoms with Gasteiger partial charge in [0.2, 0.25) is 0 Å². The van der Waals surface area contributed by atoms with Crippen LogP contribution in [0.25, 0.3) is 0 Å². The predicted molar refractivity (Wildman–Crippen MR) is 76.9 cm³/mol. The van der Waals surface area contributed by atoms with Gasteiger partial charge in [0.1, 0.15) is 0 Å². The summed E-state index contributed by atoms with van der Waals surface area (Å²) in [5.41, 5.74) is 0. The summed E-state index contributed by atoms with van der Waals surface area (Å²) in [6.45, 7) is 5.21. The van der Waals surface area contributed by atoms with E-state index in [2.05, 4.69) is 0 Å². The summed E-state index contributed by atoms with van der Waals surface area (Å²) >= 11 is 0. The maximum absolute atomic E-state index is 10.4. The minimum Gasteiger partial charge on any atom is -0.390 e. The molecule has 0 spiro atoms. The molecular formula is C11H28O6Si2. The van der Waals surface area contributed by atoms with E-state index in [0.717, 1.165) is 32.5 Å². The van der Waals surface area contributed by atoms with Crippen LogP contribution in [0.5, 0.6) is 0 Å². The maximum atomic E-state index is 10.4. The fraction of sp³-hybridized carbons (Fsp3) is 1.00. The topological polar surface area (TPSA) is 66.4 Å². The van der Waals surface area contributed by atoms with Gasteiger partial charge >= 0.3 is 17.6 Å². The van der Waals surface area contributed by atoms with Crippen molar-refractivity contribution in [1.29, 1.82) is 0 Å². The first-order chi connectivity index (χ1) is 8.95. The monoisotopic (exact) mass is 312 g/mol. The second-order valence-electron chi connectivity index (χ2n) is 4.30. The van der Waals surface area contributed by atoms with E-state index in [0.29, 0.717) is 6.04 Å². The zero-order chi connectivity index (χ0) is 14.8. The first-order valence-electron chi connectivity index (χ1n) is 6.61. The molecular weight excluding hydrogens is 284 g/mol. The quantitative estimate of drug-likeness (QED) is 0.436. The van der Waals surface area contributed by atoms with E-state index in [1.807, 2.05) is 6.92 Å². The summed E-state index contributed by atoms with van der Waals surface area (Å²) in [6.07, 6.45) is 2.78. The lowest BCUT2D eigenvalue weighted by Gasteiger charge is -2.31. The summed E-state index contributed by atoms with van der Waals surface area (Å²) in [5, 5.41) is 0. The van der Waals surface area contributed by atoms with Crippen molar-refractivity contribution < 1.29 is 26.9 Å². The van der Waals surface area contributed by atoms with Crippen molar-refractivity contribution >= 4 is 17.6 Å². The SMILES string of the molecule is CCOCCCCC[Si](O)(OC)O[Si](C)(OC)OC. The van der Waals surface area contributed by atoms with Gasteiger partial charge in [-0.2, -0.15) is 0 Å². The van der Waals surface area contributed by atoms with Gasteiger partial charge in [-0.05, 0) is 19.8 Å². The minimum atomic E-state index is -3.20. The van der Waals surface area contributed by atoms with Gasteiger partial charge in [0.05, 0.1) is 0 Å². The van der Waals surface area contributed by atoms with E-state index >= 15 is 0 Å². The second kappa shape index (κ2) is 10.00. The standard InChI is InChI=1S/C11H28O6Si2/c1-6-16-10-8-7-9-11-19(12,15-4)17-18(5,13-2)14-3/h12H,6-11H2,1-5H3. The molecule has 0 saturated carbocycles. The average Bonchev–Trinajstić information content (AvgIpc) is 2.42. The van der Waals surface area contributed by atoms with Crippen LogP contribution in [0, 0.1) is 0 Å². The third kappa shape index (κ3) is 8.15. The fourth-order valence-electron chi connectivity index (χ4n) is 1.52. The number of unbranched alkanes of at least 4 members (excludes halogenated alkanes) is 2. The number of hydrogen-bond donors (Lipinski definition) is 1. The molecule has 0 aliphatic heterocycles. The highest BCUT2D eigenvalue weighted by Gasteiger charge is 2.46. The Morgan fingerprint density at radius 3 is 2.05 bits per heavy atom. The second-order valence-corrected chi connectivity index (χ2v) is 9.99. The molecule has 6 nitrogen and oxygen atoms in total. The zero-order valence-corrected chi connectivity index (χ0v) is 14.7. The Balaban J connectivity index is 4.08. The van der Waals surface area contributed by atoms with Gasteiger partial charge in [-0.1, -0.05) is 6.42 Å². The molecule has 19 heavy (non-hydrogen) atoms. The van der Waals surface area contributed by atoms with Crippen LogP contribution < -0.4 is 0 Å². The normalized spacial score (nSPS) is 15.5. The van der Waals surface area contributed by atoms with Gasteiger partial charge in [-0.25, -0.2) is 0 Å². The van der Waals surface area contributed by atoms with Crippen LogP contribution in [-0.4, -0.2) is 56.9 Å². The molecule has 0 aromatic rings. The van der Waals surface area contributed by atoms with Crippen molar-refractivity contribution in [3.63, 3.8) is 0 Å². The Morgan fingerprint density at radius 2 is 1.58 bits per heavy atom. The highest BCUT2D eigenvalue weighted by Crippen LogP contribution is 2.20. The fourth-order valence-corrected chi connectivity index (χ4v) is 6.32. The van der Waals surface area contributed by atoms with Crippen LogP contribution in [0.15, 0.2) is 0 Å². The molecule has 8 heteroatoms. The Morgan fingerprint density at radius 1 is 0.947 bits per heavy atom. The van der Waals surface area contributed by atoms with Crippen LogP contribution in [0.1, 0.15) is 26.2 Å². The molecule has 0 heterocycles. The first-order valence-corrected chi connectivity index (χ1v) is 10.8. The van der Waals surface area contributed by atoms with E-state index in [1.54, 1.807) is 6.55 Å². The van der Waals surface area contributed by atoms with Crippen molar-refractivity contribution in [3.05, 3.63) is 0 Å². The maximum Gasteiger partial charge on any atom is 0.490 e. The van der Waals surface area contributed by atoms with Crippen LogP contribution in [0.3, 0.4) is 0 Å². The lowest BCUT2D eigenvalue weighted by Crippen LogP contribution is -2.54. The van der Waals surface area contributed by atoms with Crippen molar-refractivity contribution in [3.8, 4) is 0 Å². The van der Waals surface area contributed by atoms with Gasteiger partial charge in [0.15, 0.2) is 0 Å². The predicted octanol–water partition coefficient (Wildman–Crippen LogP) is 1.65. The number of hydrogen-bond acceptors (Lipinski definition) is 6. The van der Waals surface area contributed by atoms with Gasteiger partial charge in [0.25, 0.3) is 0 Å². The molecule has 1 atom stereocenters. The number of rotatable bonds is 12. The number of ether oxygens (including phenoxy) is 1. The molecule has 0 fully saturated rings. The third-order valence-corrected chi connectivity index (χ3v) is 8.76. The van der Waals surface area contributed by atoms with Gasteiger partial charge < -0.3 is 26.9 Å². The van der Waals surface area contributed by atoms with Gasteiger partial charge in [-0.15, -0.1) is 0 Å². The summed E-state index contributed by atoms with van der Waals surface area (Å²) in [6, 6.07) is 0.505. The molecule has 0 aliphatic carbocycles. The average molecular weight is 313 g/mol. The van der Waals surface area contributed by atoms with Crippen LogP contribution >= 0.6 is 0 Å². The van der Waals surface area contributed by atoms with E-state index < -0.39 is 17.6 Å². The van der Waals surface area contributed by atoms with Crippen LogP contribution in [-0.2, 0) is 22.1 Å². The van der Waals surface area contributed by atoms with E-state index in [4.69, 9.17) is 22.1 Å². The smallest absolute Gasteiger partial charge is 0.390 e. The van der Waals surface area contributed by atoms with Gasteiger partial charge in [-0.3, -0.25) is 0 Å². The van der Waals surface area contributed by atoms with Crippen molar-refractivity contribution in [2.24, 2.45) is 0 Å². The molecule has 0 saturated heterocycles. The van der Waals surface area contributed by atoms with Crippen LogP contribution in [0.2, 0.25) is 12.6 Å². The van der Waals surface area contributed by atoms with Crippen molar-refractivity contribution in [2.45, 2.75) is 38.8 Å². The molecule has 1 unspecified atom stereocenters. The van der Waals surface area contributed by atoms with Gasteiger partial charge in [0, 0.05) is 47.1 Å². The molecule has 0 radical (unpaired) electrons. The Kier molecular flexibility index (Phi) is 10.1. The highest BCUT2D eigenvalue weighted by molar-refractivity contribution is 6.73. The first kappa shape index (κ1) is 19.2. The summed E-state index contributed by atoms with van der Waals surface area (Å²) in [7, 11) is -1.47. The van der Waals surface area contributed by atoms with E-state index in [1.165, 1.54) is 21.3 Å². The largest absolute Gasteiger partial charge is 0.490 e. The highest BCUT2D eigenvalue weighted by atomic mass is 28.5. The molecule has 0 rings (SSSR count). The summed E-state index contributed by atoms with van der Waals surface area (Å²) in [4.78, 5) is 10.4. The minimum absolute atomic E-state index is 0.505.